The van der Waals surface area contributed by atoms with E-state index in [0.29, 0.717) is 40.1 Å². The quantitative estimate of drug-likeness (QED) is 0.125. The van der Waals surface area contributed by atoms with Gasteiger partial charge in [0, 0.05) is 17.1 Å². The summed E-state index contributed by atoms with van der Waals surface area (Å²) in [7, 11) is 0. The number of fused-ring (bicyclic) bond motifs is 1. The molecule has 5 N–H and O–H groups in total. The maximum Gasteiger partial charge on any atom is 0.230 e. The summed E-state index contributed by atoms with van der Waals surface area (Å²) in [4.78, 5) is 14.0. The van der Waals surface area contributed by atoms with Gasteiger partial charge in [-0.15, -0.1) is 0 Å². The highest BCUT2D eigenvalue weighted by molar-refractivity contribution is 6.02. The van der Waals surface area contributed by atoms with Crippen molar-refractivity contribution in [3.05, 3.63) is 76.5 Å². The van der Waals surface area contributed by atoms with E-state index in [2.05, 4.69) is 100 Å². The van der Waals surface area contributed by atoms with Crippen LogP contribution in [-0.4, -0.2) is 20.2 Å². The molecule has 1 unspecified atom stereocenters. The molecule has 2 aromatic carbocycles. The highest BCUT2D eigenvalue weighted by Crippen LogP contribution is 2.39. The number of aromatic nitrogens is 3. The van der Waals surface area contributed by atoms with Crippen LogP contribution in [0, 0.1) is 13.8 Å². The molecule has 0 aliphatic rings. The number of rotatable bonds is 9. The van der Waals surface area contributed by atoms with Gasteiger partial charge in [-0.3, -0.25) is 10.7 Å². The summed E-state index contributed by atoms with van der Waals surface area (Å²) in [5.41, 5.74) is 18.0. The van der Waals surface area contributed by atoms with Crippen LogP contribution in [0.1, 0.15) is 82.6 Å². The summed E-state index contributed by atoms with van der Waals surface area (Å²) in [5.74, 6) is 1.64. The molecule has 40 heavy (non-hydrogen) atoms. The molecule has 7 heteroatoms. The van der Waals surface area contributed by atoms with Gasteiger partial charge in [-0.05, 0) is 91.0 Å². The lowest BCUT2D eigenvalue weighted by molar-refractivity contribution is 0.389. The van der Waals surface area contributed by atoms with Crippen LogP contribution in [0.15, 0.2) is 54.2 Å². The molecule has 0 radical (unpaired) electrons. The lowest BCUT2D eigenvalue weighted by Gasteiger charge is -2.22. The first-order chi connectivity index (χ1) is 19.0. The third-order valence-electron chi connectivity index (χ3n) is 8.07. The van der Waals surface area contributed by atoms with Crippen LogP contribution in [0.3, 0.4) is 0 Å². The minimum atomic E-state index is 0.0525. The van der Waals surface area contributed by atoms with E-state index in [-0.39, 0.29) is 5.41 Å². The molecular formula is C33H42N6O. The van der Waals surface area contributed by atoms with E-state index in [1.165, 1.54) is 16.7 Å². The van der Waals surface area contributed by atoms with E-state index in [0.717, 1.165) is 35.1 Å². The van der Waals surface area contributed by atoms with Crippen LogP contribution in [-0.2, 0) is 5.41 Å². The van der Waals surface area contributed by atoms with Crippen molar-refractivity contribution in [2.24, 2.45) is 0 Å². The molecule has 0 aliphatic heterocycles. The first kappa shape index (κ1) is 29.0. The van der Waals surface area contributed by atoms with Crippen molar-refractivity contribution in [3.63, 3.8) is 0 Å². The number of anilines is 4. The Labute approximate surface area is 237 Å². The van der Waals surface area contributed by atoms with E-state index < -0.39 is 0 Å². The Hall–Kier alpha value is -3.97. The van der Waals surface area contributed by atoms with Crippen molar-refractivity contribution >= 4 is 34.2 Å². The van der Waals surface area contributed by atoms with E-state index in [1.807, 2.05) is 18.3 Å². The van der Waals surface area contributed by atoms with Crippen molar-refractivity contribution in [3.8, 4) is 11.1 Å². The smallest absolute Gasteiger partial charge is 0.230 e. The second-order valence-electron chi connectivity index (χ2n) is 11.4. The third-order valence-corrected chi connectivity index (χ3v) is 8.07. The fourth-order valence-corrected chi connectivity index (χ4v) is 5.08. The summed E-state index contributed by atoms with van der Waals surface area (Å²) in [5, 5.41) is 13.7. The van der Waals surface area contributed by atoms with Crippen LogP contribution >= 0.6 is 0 Å². The second kappa shape index (κ2) is 11.6. The van der Waals surface area contributed by atoms with Gasteiger partial charge >= 0.3 is 0 Å². The molecule has 2 aromatic heterocycles. The van der Waals surface area contributed by atoms with Gasteiger partial charge < -0.3 is 11.1 Å². The molecule has 0 bridgehead atoms. The van der Waals surface area contributed by atoms with Crippen LogP contribution in [0.2, 0.25) is 0 Å². The molecule has 7 nitrogen and oxygen atoms in total. The fraction of sp³-hybridized carbons (Fsp3) is 0.364. The summed E-state index contributed by atoms with van der Waals surface area (Å²) in [6.45, 7) is 17.4. The molecule has 0 saturated heterocycles. The highest BCUT2D eigenvalue weighted by Gasteiger charge is 2.20. The summed E-state index contributed by atoms with van der Waals surface area (Å²) >= 11 is 0. The minimum Gasteiger partial charge on any atom is -0.383 e. The number of hydrogen-bond donors (Lipinski definition) is 4. The van der Waals surface area contributed by atoms with Gasteiger partial charge in [0.1, 0.15) is 11.6 Å². The van der Waals surface area contributed by atoms with Gasteiger partial charge in [0.05, 0.1) is 11.2 Å². The summed E-state index contributed by atoms with van der Waals surface area (Å²) in [6.07, 6.45) is 6.29. The molecule has 0 fully saturated rings. The normalized spacial score (nSPS) is 13.0. The van der Waals surface area contributed by atoms with Crippen molar-refractivity contribution in [2.45, 2.75) is 79.6 Å². The molecule has 4 aromatic rings. The number of pyridine rings is 1. The van der Waals surface area contributed by atoms with Crippen LogP contribution in [0.5, 0.6) is 0 Å². The van der Waals surface area contributed by atoms with E-state index in [1.54, 1.807) is 6.07 Å². The number of nitrogens with zero attached hydrogens (tertiary/aromatic N) is 3. The second-order valence-corrected chi connectivity index (χ2v) is 11.4. The van der Waals surface area contributed by atoms with Gasteiger partial charge in [0.15, 0.2) is 0 Å². The Bertz CT molecular complexity index is 1530. The molecule has 0 amide bonds. The topological polar surface area (TPSA) is 109 Å². The Morgan fingerprint density at radius 2 is 1.77 bits per heavy atom. The number of aryl methyl sites for hydroxylation is 2. The fourth-order valence-electron chi connectivity index (χ4n) is 5.08. The van der Waals surface area contributed by atoms with Crippen molar-refractivity contribution in [2.75, 3.05) is 16.5 Å². The standard InChI is InChI=1S/C33H42N6O/c1-9-19(3)13-20(4)23-14-21(5)29(22(6)15-23)26-16-25(39-40)17-27-30(26)37-32(38-31(27)34)36-28-12-11-24(18-35-28)33(7,8)10-2/h11-18,20,39-40H,9-10H2,1-8H3,(H3,34,35,36,37,38)/b19-13-. The Morgan fingerprint density at radius 3 is 2.35 bits per heavy atom. The molecular weight excluding hydrogens is 496 g/mol. The number of nitrogens with two attached hydrogens (primary N) is 1. The average molecular weight is 539 g/mol. The number of nitrogens with one attached hydrogen (secondary N) is 2. The monoisotopic (exact) mass is 538 g/mol. The average Bonchev–Trinajstić information content (AvgIpc) is 2.93. The zero-order chi connectivity index (χ0) is 29.2. The molecule has 2 heterocycles. The largest absolute Gasteiger partial charge is 0.383 e. The Kier molecular flexibility index (Phi) is 8.45. The number of nitrogen functional groups attached to an aromatic ring is 1. The molecule has 4 rings (SSSR count). The number of hydrogen-bond acceptors (Lipinski definition) is 7. The predicted octanol–water partition coefficient (Wildman–Crippen LogP) is 8.58. The lowest BCUT2D eigenvalue weighted by Crippen LogP contribution is -2.15. The van der Waals surface area contributed by atoms with Crippen molar-refractivity contribution < 1.29 is 5.21 Å². The lowest BCUT2D eigenvalue weighted by atomic mass is 9.83. The minimum absolute atomic E-state index is 0.0525. The van der Waals surface area contributed by atoms with Crippen molar-refractivity contribution in [1.29, 1.82) is 0 Å². The first-order valence-corrected chi connectivity index (χ1v) is 14.0. The predicted molar refractivity (Wildman–Crippen MR) is 168 cm³/mol. The maximum absolute atomic E-state index is 9.81. The molecule has 1 atom stereocenters. The highest BCUT2D eigenvalue weighted by atomic mass is 16.5. The van der Waals surface area contributed by atoms with Gasteiger partial charge in [-0.1, -0.05) is 64.5 Å². The first-order valence-electron chi connectivity index (χ1n) is 14.0. The van der Waals surface area contributed by atoms with Crippen LogP contribution in [0.25, 0.3) is 22.0 Å². The molecule has 0 spiro atoms. The Morgan fingerprint density at radius 1 is 1.07 bits per heavy atom. The Balaban J connectivity index is 1.81. The van der Waals surface area contributed by atoms with Gasteiger partial charge in [0.25, 0.3) is 0 Å². The van der Waals surface area contributed by atoms with E-state index >= 15 is 0 Å². The molecule has 0 saturated carbocycles. The maximum atomic E-state index is 9.81. The third kappa shape index (κ3) is 5.94. The van der Waals surface area contributed by atoms with Crippen LogP contribution < -0.4 is 16.5 Å². The zero-order valence-corrected chi connectivity index (χ0v) is 25.0. The number of benzene rings is 2. The van der Waals surface area contributed by atoms with E-state index in [9.17, 15) is 5.21 Å². The van der Waals surface area contributed by atoms with Crippen LogP contribution in [0.4, 0.5) is 23.3 Å². The SMILES string of the molecule is CC/C(C)=C\C(C)c1cc(C)c(-c2cc(NO)cc3c(N)nc(Nc4ccc(C(C)(C)CC)cn4)nc23)c(C)c1. The molecule has 210 valence electrons. The summed E-state index contributed by atoms with van der Waals surface area (Å²) in [6, 6.07) is 12.2. The van der Waals surface area contributed by atoms with Gasteiger partial charge in [0.2, 0.25) is 5.95 Å². The molecule has 0 aliphatic carbocycles. The van der Waals surface area contributed by atoms with Gasteiger partial charge in [-0.2, -0.15) is 4.98 Å². The number of allylic oxidation sites excluding steroid dienone is 2. The summed E-state index contributed by atoms with van der Waals surface area (Å²) < 4.78 is 0. The van der Waals surface area contributed by atoms with E-state index in [4.69, 9.17) is 10.7 Å². The zero-order valence-electron chi connectivity index (χ0n) is 25.0. The van der Waals surface area contributed by atoms with Gasteiger partial charge in [-0.25, -0.2) is 9.97 Å². The van der Waals surface area contributed by atoms with Crippen molar-refractivity contribution in [1.82, 2.24) is 15.0 Å².